The van der Waals surface area contributed by atoms with Crippen LogP contribution in [0.2, 0.25) is 0 Å². The van der Waals surface area contributed by atoms with Crippen LogP contribution in [0.25, 0.3) is 11.0 Å². The molecule has 1 heterocycles. The first-order valence-corrected chi connectivity index (χ1v) is 7.27. The molecule has 0 bridgehead atoms. The molecule has 1 aromatic heterocycles. The van der Waals surface area contributed by atoms with E-state index in [1.165, 1.54) is 12.1 Å². The highest BCUT2D eigenvalue weighted by molar-refractivity contribution is 6.12. The summed E-state index contributed by atoms with van der Waals surface area (Å²) in [5.41, 5.74) is -0.504. The monoisotopic (exact) mass is 347 g/mol. The highest BCUT2D eigenvalue weighted by atomic mass is 19.4. The van der Waals surface area contributed by atoms with Crippen LogP contribution in [-0.2, 0) is 6.18 Å². The number of alkyl halides is 3. The Morgan fingerprint density at radius 3 is 2.56 bits per heavy atom. The van der Waals surface area contributed by atoms with Crippen molar-refractivity contribution in [3.05, 3.63) is 75.6 Å². The molecule has 0 fully saturated rings. The zero-order chi connectivity index (χ0) is 18.2. The lowest BCUT2D eigenvalue weighted by atomic mass is 10.1. The molecule has 0 radical (unpaired) electrons. The fraction of sp³-hybridized carbons (Fsp3) is 0.111. The second-order valence-electron chi connectivity index (χ2n) is 5.51. The van der Waals surface area contributed by atoms with Gasteiger partial charge in [0.1, 0.15) is 5.58 Å². The number of fused-ring (bicyclic) bond motifs is 1. The number of carbonyl (C=O) groups excluding carboxylic acids is 1. The van der Waals surface area contributed by atoms with E-state index in [4.69, 9.17) is 4.42 Å². The molecular formula is C18H12F3NO3. The van der Waals surface area contributed by atoms with Gasteiger partial charge in [0, 0.05) is 17.1 Å². The minimum atomic E-state index is -4.52. The molecule has 128 valence electrons. The number of hydrogen-bond acceptors (Lipinski definition) is 3. The Balaban J connectivity index is 2.00. The first-order valence-electron chi connectivity index (χ1n) is 7.27. The van der Waals surface area contributed by atoms with Crippen LogP contribution in [0.1, 0.15) is 21.5 Å². The maximum Gasteiger partial charge on any atom is 0.416 e. The van der Waals surface area contributed by atoms with Gasteiger partial charge in [-0.3, -0.25) is 4.79 Å². The normalized spacial score (nSPS) is 11.5. The van der Waals surface area contributed by atoms with Crippen molar-refractivity contribution in [2.24, 2.45) is 0 Å². The molecule has 0 spiro atoms. The summed E-state index contributed by atoms with van der Waals surface area (Å²) in [6.07, 6.45) is -4.52. The number of carbonyl (C=O) groups is 1. The standard InChI is InChI=1S/C18H12F3NO3/c1-10-5-6-13-14(9-16(23)25-15(13)7-10)17(24)22-12-4-2-3-11(8-12)18(19,20)21/h2-9H,1H3,(H,22,24). The van der Waals surface area contributed by atoms with Crippen LogP contribution in [-0.4, -0.2) is 5.91 Å². The van der Waals surface area contributed by atoms with Crippen LogP contribution in [0.15, 0.2) is 57.7 Å². The van der Waals surface area contributed by atoms with Crippen molar-refractivity contribution < 1.29 is 22.4 Å². The summed E-state index contributed by atoms with van der Waals surface area (Å²) in [6.45, 7) is 1.80. The summed E-state index contributed by atoms with van der Waals surface area (Å²) in [5, 5.41) is 2.78. The average Bonchev–Trinajstić information content (AvgIpc) is 2.53. The molecule has 1 N–H and O–H groups in total. The number of halogens is 3. The van der Waals surface area contributed by atoms with Crippen molar-refractivity contribution >= 4 is 22.6 Å². The maximum absolute atomic E-state index is 12.8. The molecule has 1 amide bonds. The number of aryl methyl sites for hydroxylation is 1. The molecule has 4 nitrogen and oxygen atoms in total. The van der Waals surface area contributed by atoms with Gasteiger partial charge in [0.2, 0.25) is 0 Å². The predicted octanol–water partition coefficient (Wildman–Crippen LogP) is 4.37. The Morgan fingerprint density at radius 2 is 1.84 bits per heavy atom. The molecule has 0 unspecified atom stereocenters. The van der Waals surface area contributed by atoms with E-state index in [0.717, 1.165) is 23.8 Å². The fourth-order valence-electron chi connectivity index (χ4n) is 2.43. The fourth-order valence-corrected chi connectivity index (χ4v) is 2.43. The summed E-state index contributed by atoms with van der Waals surface area (Å²) in [7, 11) is 0. The first kappa shape index (κ1) is 16.8. The molecule has 0 aliphatic carbocycles. The van der Waals surface area contributed by atoms with Crippen LogP contribution in [0.5, 0.6) is 0 Å². The SMILES string of the molecule is Cc1ccc2c(C(=O)Nc3cccc(C(F)(F)F)c3)cc(=O)oc2c1. The number of rotatable bonds is 2. The van der Waals surface area contributed by atoms with Crippen LogP contribution in [0.4, 0.5) is 18.9 Å². The molecule has 7 heteroatoms. The second kappa shape index (κ2) is 6.08. The zero-order valence-electron chi connectivity index (χ0n) is 13.0. The first-order chi connectivity index (χ1) is 11.7. The lowest BCUT2D eigenvalue weighted by molar-refractivity contribution is -0.137. The average molecular weight is 347 g/mol. The van der Waals surface area contributed by atoms with Crippen molar-refractivity contribution in [2.75, 3.05) is 5.32 Å². The van der Waals surface area contributed by atoms with E-state index in [9.17, 15) is 22.8 Å². The largest absolute Gasteiger partial charge is 0.423 e. The Morgan fingerprint density at radius 1 is 1.08 bits per heavy atom. The van der Waals surface area contributed by atoms with E-state index in [2.05, 4.69) is 5.32 Å². The lowest BCUT2D eigenvalue weighted by Crippen LogP contribution is -2.16. The summed E-state index contributed by atoms with van der Waals surface area (Å²) >= 11 is 0. The van der Waals surface area contributed by atoms with Crippen LogP contribution in [0.3, 0.4) is 0 Å². The highest BCUT2D eigenvalue weighted by Gasteiger charge is 2.30. The third kappa shape index (κ3) is 3.55. The number of nitrogens with one attached hydrogen (secondary N) is 1. The molecule has 3 rings (SSSR count). The van der Waals surface area contributed by atoms with Gasteiger partial charge in [0.15, 0.2) is 0 Å². The Kier molecular flexibility index (Phi) is 4.08. The van der Waals surface area contributed by atoms with Crippen molar-refractivity contribution in [2.45, 2.75) is 13.1 Å². The van der Waals surface area contributed by atoms with Gasteiger partial charge in [-0.25, -0.2) is 4.79 Å². The number of benzene rings is 2. The van der Waals surface area contributed by atoms with E-state index in [1.54, 1.807) is 25.1 Å². The van der Waals surface area contributed by atoms with Gasteiger partial charge in [-0.05, 0) is 36.8 Å². The quantitative estimate of drug-likeness (QED) is 0.700. The molecule has 0 atom stereocenters. The molecule has 25 heavy (non-hydrogen) atoms. The smallest absolute Gasteiger partial charge is 0.416 e. The predicted molar refractivity (Wildman–Crippen MR) is 86.6 cm³/mol. The molecule has 0 saturated heterocycles. The van der Waals surface area contributed by atoms with E-state index >= 15 is 0 Å². The third-order valence-electron chi connectivity index (χ3n) is 3.59. The van der Waals surface area contributed by atoms with Crippen molar-refractivity contribution in [1.29, 1.82) is 0 Å². The minimum Gasteiger partial charge on any atom is -0.423 e. The van der Waals surface area contributed by atoms with Crippen LogP contribution >= 0.6 is 0 Å². The molecule has 0 aliphatic rings. The van der Waals surface area contributed by atoms with Crippen LogP contribution in [0, 0.1) is 6.92 Å². The molecule has 3 aromatic rings. The van der Waals surface area contributed by atoms with E-state index in [-0.39, 0.29) is 16.8 Å². The molecular weight excluding hydrogens is 335 g/mol. The maximum atomic E-state index is 12.8. The van der Waals surface area contributed by atoms with Crippen molar-refractivity contribution in [3.63, 3.8) is 0 Å². The zero-order valence-corrected chi connectivity index (χ0v) is 13.0. The van der Waals surface area contributed by atoms with Crippen molar-refractivity contribution in [3.8, 4) is 0 Å². The third-order valence-corrected chi connectivity index (χ3v) is 3.59. The van der Waals surface area contributed by atoms with Gasteiger partial charge in [-0.1, -0.05) is 18.2 Å². The van der Waals surface area contributed by atoms with Crippen molar-refractivity contribution in [1.82, 2.24) is 0 Å². The lowest BCUT2D eigenvalue weighted by Gasteiger charge is -2.10. The topological polar surface area (TPSA) is 59.3 Å². The highest BCUT2D eigenvalue weighted by Crippen LogP contribution is 2.31. The Bertz CT molecular complexity index is 1020. The van der Waals surface area contributed by atoms with Gasteiger partial charge < -0.3 is 9.73 Å². The van der Waals surface area contributed by atoms with Gasteiger partial charge in [0.05, 0.1) is 11.1 Å². The number of hydrogen-bond donors (Lipinski definition) is 1. The van der Waals surface area contributed by atoms with Gasteiger partial charge >= 0.3 is 11.8 Å². The van der Waals surface area contributed by atoms with E-state index in [1.807, 2.05) is 0 Å². The van der Waals surface area contributed by atoms with Gasteiger partial charge in [-0.2, -0.15) is 13.2 Å². The second-order valence-corrected chi connectivity index (χ2v) is 5.51. The van der Waals surface area contributed by atoms with E-state index in [0.29, 0.717) is 5.39 Å². The molecule has 0 aliphatic heterocycles. The molecule has 0 saturated carbocycles. The minimum absolute atomic E-state index is 0.0201. The van der Waals surface area contributed by atoms with Gasteiger partial charge in [0.25, 0.3) is 5.91 Å². The summed E-state index contributed by atoms with van der Waals surface area (Å²) in [6, 6.07) is 10.3. The summed E-state index contributed by atoms with van der Waals surface area (Å²) in [4.78, 5) is 24.1. The van der Waals surface area contributed by atoms with Crippen LogP contribution < -0.4 is 10.9 Å². The van der Waals surface area contributed by atoms with Gasteiger partial charge in [-0.15, -0.1) is 0 Å². The summed E-state index contributed by atoms with van der Waals surface area (Å²) in [5.74, 6) is -0.693. The molecule has 2 aromatic carbocycles. The number of amides is 1. The Hall–Kier alpha value is -3.09. The number of anilines is 1. The summed E-state index contributed by atoms with van der Waals surface area (Å²) < 4.78 is 43.3. The Labute approximate surface area is 139 Å². The van der Waals surface area contributed by atoms with E-state index < -0.39 is 23.3 Å².